The molecule has 0 saturated carbocycles. The van der Waals surface area contributed by atoms with E-state index in [0.717, 1.165) is 18.4 Å². The van der Waals surface area contributed by atoms with Gasteiger partial charge in [0, 0.05) is 11.8 Å². The van der Waals surface area contributed by atoms with Crippen LogP contribution >= 0.6 is 0 Å². The summed E-state index contributed by atoms with van der Waals surface area (Å²) >= 11 is 0. The van der Waals surface area contributed by atoms with Gasteiger partial charge in [0.25, 0.3) is 5.89 Å². The zero-order chi connectivity index (χ0) is 23.8. The number of ether oxygens (including phenoxy) is 1. The number of halogens is 3. The maximum atomic E-state index is 12.3. The highest BCUT2D eigenvalue weighted by Gasteiger charge is 2.31. The van der Waals surface area contributed by atoms with Gasteiger partial charge in [-0.3, -0.25) is 0 Å². The van der Waals surface area contributed by atoms with E-state index in [1.807, 2.05) is 0 Å². The predicted molar refractivity (Wildman–Crippen MR) is 109 cm³/mol. The third-order valence-corrected chi connectivity index (χ3v) is 5.59. The second-order valence-corrected chi connectivity index (χ2v) is 9.07. The molecule has 2 aromatic carbocycles. The maximum Gasteiger partial charge on any atom is 0.573 e. The van der Waals surface area contributed by atoms with Crippen LogP contribution < -0.4 is 4.74 Å². The Labute approximate surface area is 185 Å². The Morgan fingerprint density at radius 2 is 1.79 bits per heavy atom. The van der Waals surface area contributed by atoms with Gasteiger partial charge in [0.1, 0.15) is 11.6 Å². The highest BCUT2D eigenvalue weighted by atomic mass is 32.2. The summed E-state index contributed by atoms with van der Waals surface area (Å²) in [4.78, 5) is 8.71. The molecule has 9 nitrogen and oxygen atoms in total. The number of aromatic nitrogens is 5. The van der Waals surface area contributed by atoms with Crippen molar-refractivity contribution in [3.63, 3.8) is 0 Å². The number of rotatable bonds is 6. The fraction of sp³-hybridized carbons (Fsp3) is 0.200. The summed E-state index contributed by atoms with van der Waals surface area (Å²) in [5.74, 6) is 0.474. The lowest BCUT2D eigenvalue weighted by Crippen LogP contribution is -2.16. The quantitative estimate of drug-likeness (QED) is 0.412. The molecule has 0 bridgehead atoms. The van der Waals surface area contributed by atoms with Crippen LogP contribution in [0.15, 0.2) is 57.9 Å². The van der Waals surface area contributed by atoms with Gasteiger partial charge in [0.15, 0.2) is 9.84 Å². The van der Waals surface area contributed by atoms with Gasteiger partial charge in [-0.25, -0.2) is 18.1 Å². The number of alkyl halides is 3. The fourth-order valence-electron chi connectivity index (χ4n) is 2.95. The summed E-state index contributed by atoms with van der Waals surface area (Å²) in [6, 6.07) is 11.5. The molecule has 0 aliphatic heterocycles. The second-order valence-electron chi connectivity index (χ2n) is 7.06. The van der Waals surface area contributed by atoms with Crippen molar-refractivity contribution in [1.29, 1.82) is 0 Å². The summed E-state index contributed by atoms with van der Waals surface area (Å²) in [5.41, 5.74) is 1.12. The van der Waals surface area contributed by atoms with Crippen molar-refractivity contribution in [2.45, 2.75) is 24.7 Å². The van der Waals surface area contributed by atoms with Gasteiger partial charge < -0.3 is 9.26 Å². The van der Waals surface area contributed by atoms with E-state index in [9.17, 15) is 21.6 Å². The molecule has 13 heteroatoms. The summed E-state index contributed by atoms with van der Waals surface area (Å²) in [5, 5.41) is 8.17. The van der Waals surface area contributed by atoms with Gasteiger partial charge in [-0.2, -0.15) is 4.98 Å². The smallest absolute Gasteiger partial charge is 0.406 e. The molecule has 2 aromatic heterocycles. The lowest BCUT2D eigenvalue weighted by atomic mass is 10.2. The Bertz CT molecular complexity index is 1400. The van der Waals surface area contributed by atoms with E-state index in [0.29, 0.717) is 17.0 Å². The molecule has 2 heterocycles. The first kappa shape index (κ1) is 22.5. The van der Waals surface area contributed by atoms with Crippen LogP contribution in [0.1, 0.15) is 11.4 Å². The van der Waals surface area contributed by atoms with E-state index in [1.165, 1.54) is 18.2 Å². The Morgan fingerprint density at radius 3 is 2.45 bits per heavy atom. The van der Waals surface area contributed by atoms with Crippen molar-refractivity contribution in [3.05, 3.63) is 59.9 Å². The van der Waals surface area contributed by atoms with Gasteiger partial charge in [-0.15, -0.1) is 18.3 Å². The minimum atomic E-state index is -4.78. The van der Waals surface area contributed by atoms with E-state index in [-0.39, 0.29) is 34.7 Å². The van der Waals surface area contributed by atoms with Gasteiger partial charge in [-0.05, 0) is 48.9 Å². The van der Waals surface area contributed by atoms with Gasteiger partial charge >= 0.3 is 6.36 Å². The van der Waals surface area contributed by atoms with Crippen LogP contribution in [0.4, 0.5) is 13.2 Å². The van der Waals surface area contributed by atoms with E-state index in [1.54, 1.807) is 29.8 Å². The fourth-order valence-corrected chi connectivity index (χ4v) is 3.64. The molecular formula is C20H16F3N5O4S. The molecule has 0 aliphatic rings. The number of benzene rings is 2. The summed E-state index contributed by atoms with van der Waals surface area (Å²) in [7, 11) is -3.34. The highest BCUT2D eigenvalue weighted by molar-refractivity contribution is 7.90. The molecule has 0 aliphatic carbocycles. The number of hydrogen-bond acceptors (Lipinski definition) is 8. The van der Waals surface area contributed by atoms with Crippen molar-refractivity contribution in [1.82, 2.24) is 24.9 Å². The van der Waals surface area contributed by atoms with Crippen LogP contribution in [0.2, 0.25) is 0 Å². The molecular weight excluding hydrogens is 463 g/mol. The van der Waals surface area contributed by atoms with E-state index in [2.05, 4.69) is 25.0 Å². The molecule has 0 N–H and O–H groups in total. The molecule has 4 rings (SSSR count). The number of nitrogens with zero attached hydrogens (tertiary/aromatic N) is 5. The average Bonchev–Trinajstić information content (AvgIpc) is 3.34. The third kappa shape index (κ3) is 5.37. The molecule has 0 unspecified atom stereocenters. The van der Waals surface area contributed by atoms with Gasteiger partial charge in [-0.1, -0.05) is 17.3 Å². The number of aryl methyl sites for hydroxylation is 1. The monoisotopic (exact) mass is 479 g/mol. The van der Waals surface area contributed by atoms with Crippen LogP contribution in [0.25, 0.3) is 23.1 Å². The molecule has 0 amide bonds. The van der Waals surface area contributed by atoms with Crippen LogP contribution in [0.3, 0.4) is 0 Å². The van der Waals surface area contributed by atoms with Crippen molar-refractivity contribution < 1.29 is 30.8 Å². The summed E-state index contributed by atoms with van der Waals surface area (Å²) in [6.07, 6.45) is -3.65. The highest BCUT2D eigenvalue weighted by Crippen LogP contribution is 2.26. The lowest BCUT2D eigenvalue weighted by Gasteiger charge is -2.08. The van der Waals surface area contributed by atoms with E-state index >= 15 is 0 Å². The zero-order valence-electron chi connectivity index (χ0n) is 17.2. The minimum Gasteiger partial charge on any atom is -0.406 e. The first-order valence-corrected chi connectivity index (χ1v) is 11.3. The van der Waals surface area contributed by atoms with Crippen LogP contribution in [-0.2, 0) is 16.4 Å². The topological polar surface area (TPSA) is 113 Å². The van der Waals surface area contributed by atoms with Gasteiger partial charge in [0.05, 0.1) is 11.4 Å². The van der Waals surface area contributed by atoms with E-state index < -0.39 is 16.2 Å². The molecule has 0 radical (unpaired) electrons. The molecule has 4 aromatic rings. The molecule has 172 valence electrons. The van der Waals surface area contributed by atoms with Crippen LogP contribution in [0.5, 0.6) is 5.75 Å². The average molecular weight is 479 g/mol. The molecule has 33 heavy (non-hydrogen) atoms. The zero-order valence-corrected chi connectivity index (χ0v) is 18.1. The normalized spacial score (nSPS) is 12.2. The van der Waals surface area contributed by atoms with Crippen molar-refractivity contribution >= 4 is 9.84 Å². The van der Waals surface area contributed by atoms with Crippen molar-refractivity contribution in [3.8, 4) is 28.9 Å². The van der Waals surface area contributed by atoms with Gasteiger partial charge in [0.2, 0.25) is 11.6 Å². The minimum absolute atomic E-state index is 0.0207. The number of hydrogen-bond donors (Lipinski definition) is 0. The first-order valence-electron chi connectivity index (χ1n) is 9.39. The van der Waals surface area contributed by atoms with Crippen LogP contribution in [-0.4, -0.2) is 45.9 Å². The second kappa shape index (κ2) is 8.31. The van der Waals surface area contributed by atoms with E-state index in [4.69, 9.17) is 4.52 Å². The van der Waals surface area contributed by atoms with Crippen molar-refractivity contribution in [2.24, 2.45) is 0 Å². The third-order valence-electron chi connectivity index (χ3n) is 4.48. The summed E-state index contributed by atoms with van der Waals surface area (Å²) in [6.45, 7) is 1.98. The largest absolute Gasteiger partial charge is 0.573 e. The van der Waals surface area contributed by atoms with Crippen molar-refractivity contribution in [2.75, 3.05) is 6.26 Å². The van der Waals surface area contributed by atoms with Crippen LogP contribution in [0, 0.1) is 6.92 Å². The Kier molecular flexibility index (Phi) is 5.66. The maximum absolute atomic E-state index is 12.3. The predicted octanol–water partition coefficient (Wildman–Crippen LogP) is 3.65. The Balaban J connectivity index is 1.53. The molecule has 0 saturated heterocycles. The molecule has 0 atom stereocenters. The summed E-state index contributed by atoms with van der Waals surface area (Å²) < 4.78 is 71.0. The SMILES string of the molecule is Cc1nc(-c2nc(-c3ccc(OC(F)(F)F)cc3)no2)nn1Cc1cccc(S(C)(=O)=O)c1. The first-order chi connectivity index (χ1) is 15.5. The Hall–Kier alpha value is -3.74. The Morgan fingerprint density at radius 1 is 1.06 bits per heavy atom. The molecule has 0 fully saturated rings. The standard InChI is InChI=1S/C20H16F3N5O4S/c1-12-24-18(26-28(12)11-13-4-3-5-16(10-13)33(2,29)30)19-25-17(27-32-19)14-6-8-15(9-7-14)31-20(21,22)23/h3-10H,11H2,1-2H3. The molecule has 0 spiro atoms. The lowest BCUT2D eigenvalue weighted by molar-refractivity contribution is -0.274. The number of sulfone groups is 1.